The van der Waals surface area contributed by atoms with E-state index in [0.717, 1.165) is 6.07 Å². The maximum absolute atomic E-state index is 12.9. The highest BCUT2D eigenvalue weighted by Gasteiger charge is 2.38. The van der Waals surface area contributed by atoms with Gasteiger partial charge in [-0.25, -0.2) is 8.42 Å². The summed E-state index contributed by atoms with van der Waals surface area (Å²) in [5.74, 6) is -0.589. The highest BCUT2D eigenvalue weighted by Crippen LogP contribution is 2.38. The van der Waals surface area contributed by atoms with Gasteiger partial charge in [-0.3, -0.25) is 0 Å². The van der Waals surface area contributed by atoms with E-state index in [1.807, 2.05) is 0 Å². The number of hydrogen-bond acceptors (Lipinski definition) is 3. The molecule has 1 aromatic carbocycles. The summed E-state index contributed by atoms with van der Waals surface area (Å²) in [6.45, 7) is 0. The number of benzene rings is 1. The number of nitrogens with two attached hydrogens (primary N) is 1. The van der Waals surface area contributed by atoms with Crippen LogP contribution in [0.15, 0.2) is 24.3 Å². The average Bonchev–Trinajstić information content (AvgIpc) is 2.68. The Labute approximate surface area is 109 Å². The molecule has 2 rings (SSSR count). The molecule has 1 aliphatic rings. The standard InChI is InChI=1S/C12H14F3NO2S/c13-12(14,15)10-4-2-1-3-9(10)11(16)8-5-6-19(17,18)7-8/h1-4,8,11H,5-7,16H2. The van der Waals surface area contributed by atoms with Crippen LogP contribution < -0.4 is 5.73 Å². The van der Waals surface area contributed by atoms with Crippen molar-refractivity contribution in [1.82, 2.24) is 0 Å². The van der Waals surface area contributed by atoms with Gasteiger partial charge in [0, 0.05) is 6.04 Å². The van der Waals surface area contributed by atoms with E-state index in [2.05, 4.69) is 0 Å². The molecule has 106 valence electrons. The minimum absolute atomic E-state index is 0.000445. The third kappa shape index (κ3) is 3.09. The van der Waals surface area contributed by atoms with Crippen molar-refractivity contribution in [3.8, 4) is 0 Å². The molecule has 7 heteroatoms. The van der Waals surface area contributed by atoms with Crippen molar-refractivity contribution < 1.29 is 21.6 Å². The lowest BCUT2D eigenvalue weighted by Crippen LogP contribution is -2.25. The molecule has 3 nitrogen and oxygen atoms in total. The molecule has 19 heavy (non-hydrogen) atoms. The van der Waals surface area contributed by atoms with Gasteiger partial charge in [-0.05, 0) is 24.0 Å². The van der Waals surface area contributed by atoms with Crippen molar-refractivity contribution in [1.29, 1.82) is 0 Å². The molecule has 2 unspecified atom stereocenters. The number of alkyl halides is 3. The molecule has 0 aromatic heterocycles. The maximum Gasteiger partial charge on any atom is 0.416 e. The Kier molecular flexibility index (Phi) is 3.61. The smallest absolute Gasteiger partial charge is 0.324 e. The number of hydrogen-bond donors (Lipinski definition) is 1. The van der Waals surface area contributed by atoms with Crippen molar-refractivity contribution in [2.45, 2.75) is 18.6 Å². The van der Waals surface area contributed by atoms with Gasteiger partial charge in [-0.2, -0.15) is 13.2 Å². The number of sulfone groups is 1. The summed E-state index contributed by atoms with van der Waals surface area (Å²) >= 11 is 0. The van der Waals surface area contributed by atoms with E-state index in [1.165, 1.54) is 18.2 Å². The van der Waals surface area contributed by atoms with Gasteiger partial charge in [0.15, 0.2) is 9.84 Å². The first-order valence-corrected chi connectivity index (χ1v) is 7.65. The van der Waals surface area contributed by atoms with E-state index in [1.54, 1.807) is 0 Å². The molecule has 1 aromatic rings. The minimum atomic E-state index is -4.48. The van der Waals surface area contributed by atoms with Gasteiger partial charge >= 0.3 is 6.18 Å². The Morgan fingerprint density at radius 3 is 2.42 bits per heavy atom. The second-order valence-electron chi connectivity index (χ2n) is 4.77. The van der Waals surface area contributed by atoms with Crippen LogP contribution in [0.3, 0.4) is 0 Å². The Balaban J connectivity index is 2.32. The van der Waals surface area contributed by atoms with Crippen molar-refractivity contribution in [3.05, 3.63) is 35.4 Å². The molecule has 0 saturated carbocycles. The lowest BCUT2D eigenvalue weighted by Gasteiger charge is -2.22. The SMILES string of the molecule is NC(c1ccccc1C(F)(F)F)C1CCS(=O)(=O)C1. The average molecular weight is 293 g/mol. The highest BCUT2D eigenvalue weighted by atomic mass is 32.2. The first kappa shape index (κ1) is 14.3. The lowest BCUT2D eigenvalue weighted by atomic mass is 9.90. The molecule has 1 aliphatic heterocycles. The van der Waals surface area contributed by atoms with Crippen LogP contribution in [0.1, 0.15) is 23.6 Å². The zero-order valence-electron chi connectivity index (χ0n) is 10.0. The first-order valence-electron chi connectivity index (χ1n) is 5.83. The summed E-state index contributed by atoms with van der Waals surface area (Å²) in [4.78, 5) is 0. The lowest BCUT2D eigenvalue weighted by molar-refractivity contribution is -0.138. The highest BCUT2D eigenvalue weighted by molar-refractivity contribution is 7.91. The Bertz CT molecular complexity index is 569. The van der Waals surface area contributed by atoms with Gasteiger partial charge < -0.3 is 5.73 Å². The van der Waals surface area contributed by atoms with E-state index in [0.29, 0.717) is 6.42 Å². The van der Waals surface area contributed by atoms with E-state index in [9.17, 15) is 21.6 Å². The Morgan fingerprint density at radius 2 is 1.89 bits per heavy atom. The largest absolute Gasteiger partial charge is 0.416 e. The Hall–Kier alpha value is -1.08. The fourth-order valence-corrected chi connectivity index (χ4v) is 4.26. The van der Waals surface area contributed by atoms with Crippen LogP contribution >= 0.6 is 0 Å². The van der Waals surface area contributed by atoms with Crippen LogP contribution in [0, 0.1) is 5.92 Å². The summed E-state index contributed by atoms with van der Waals surface area (Å²) in [7, 11) is -3.16. The molecular weight excluding hydrogens is 279 g/mol. The van der Waals surface area contributed by atoms with Gasteiger partial charge in [-0.1, -0.05) is 18.2 Å². The summed E-state index contributed by atoms with van der Waals surface area (Å²) in [6.07, 6.45) is -4.17. The molecule has 0 amide bonds. The van der Waals surface area contributed by atoms with E-state index < -0.39 is 33.5 Å². The van der Waals surface area contributed by atoms with Crippen LogP contribution in [0.5, 0.6) is 0 Å². The zero-order valence-corrected chi connectivity index (χ0v) is 10.8. The van der Waals surface area contributed by atoms with Crippen LogP contribution in [0.25, 0.3) is 0 Å². The van der Waals surface area contributed by atoms with Crippen molar-refractivity contribution in [2.24, 2.45) is 11.7 Å². The summed E-state index contributed by atoms with van der Waals surface area (Å²) in [6, 6.07) is 4.16. The molecule has 0 radical (unpaired) electrons. The van der Waals surface area contributed by atoms with Crippen LogP contribution in [-0.2, 0) is 16.0 Å². The van der Waals surface area contributed by atoms with Crippen LogP contribution in [-0.4, -0.2) is 19.9 Å². The van der Waals surface area contributed by atoms with Crippen LogP contribution in [0.2, 0.25) is 0 Å². The topological polar surface area (TPSA) is 60.2 Å². The van der Waals surface area contributed by atoms with Crippen molar-refractivity contribution in [2.75, 3.05) is 11.5 Å². The van der Waals surface area contributed by atoms with Gasteiger partial charge in [0.25, 0.3) is 0 Å². The minimum Gasteiger partial charge on any atom is -0.324 e. The summed E-state index contributed by atoms with van der Waals surface area (Å²) < 4.78 is 61.4. The maximum atomic E-state index is 12.9. The molecule has 2 atom stereocenters. The van der Waals surface area contributed by atoms with Crippen LogP contribution in [0.4, 0.5) is 13.2 Å². The fraction of sp³-hybridized carbons (Fsp3) is 0.500. The number of halogens is 3. The molecule has 1 heterocycles. The van der Waals surface area contributed by atoms with E-state index in [4.69, 9.17) is 5.73 Å². The van der Waals surface area contributed by atoms with Crippen molar-refractivity contribution in [3.63, 3.8) is 0 Å². The fourth-order valence-electron chi connectivity index (χ4n) is 2.41. The van der Waals surface area contributed by atoms with E-state index in [-0.39, 0.29) is 17.1 Å². The third-order valence-corrected chi connectivity index (χ3v) is 5.19. The molecule has 1 fully saturated rings. The molecule has 0 spiro atoms. The zero-order chi connectivity index (χ0) is 14.3. The predicted octanol–water partition coefficient (Wildman–Crippen LogP) is 2.14. The van der Waals surface area contributed by atoms with Gasteiger partial charge in [0.2, 0.25) is 0 Å². The molecular formula is C12H14F3NO2S. The normalized spacial score (nSPS) is 24.3. The van der Waals surface area contributed by atoms with Gasteiger partial charge in [-0.15, -0.1) is 0 Å². The third-order valence-electron chi connectivity index (χ3n) is 3.40. The van der Waals surface area contributed by atoms with E-state index >= 15 is 0 Å². The molecule has 1 saturated heterocycles. The van der Waals surface area contributed by atoms with Gasteiger partial charge in [0.05, 0.1) is 17.1 Å². The molecule has 0 bridgehead atoms. The van der Waals surface area contributed by atoms with Crippen molar-refractivity contribution >= 4 is 9.84 Å². The number of rotatable bonds is 2. The molecule has 2 N–H and O–H groups in total. The predicted molar refractivity (Wildman–Crippen MR) is 65.1 cm³/mol. The monoisotopic (exact) mass is 293 g/mol. The van der Waals surface area contributed by atoms with Gasteiger partial charge in [0.1, 0.15) is 0 Å². The summed E-state index contributed by atoms with van der Waals surface area (Å²) in [5, 5.41) is 0. The second-order valence-corrected chi connectivity index (χ2v) is 7.00. The Morgan fingerprint density at radius 1 is 1.26 bits per heavy atom. The second kappa shape index (κ2) is 4.79. The molecule has 0 aliphatic carbocycles. The quantitative estimate of drug-likeness (QED) is 0.908. The summed E-state index contributed by atoms with van der Waals surface area (Å²) in [5.41, 5.74) is 5.04. The first-order chi connectivity index (χ1) is 8.71.